The minimum atomic E-state index is 0.000606. The molecule has 0 spiro atoms. The Morgan fingerprint density at radius 2 is 2.23 bits per heavy atom. The van der Waals surface area contributed by atoms with Gasteiger partial charge in [0.25, 0.3) is 0 Å². The number of pyridine rings is 1. The Balaban J connectivity index is 1.66. The quantitative estimate of drug-likeness (QED) is 0.924. The van der Waals surface area contributed by atoms with Crippen LogP contribution in [0.25, 0.3) is 0 Å². The molecule has 5 heteroatoms. The summed E-state index contributed by atoms with van der Waals surface area (Å²) in [5.41, 5.74) is 2.13. The van der Waals surface area contributed by atoms with Crippen LogP contribution in [0, 0.1) is 0 Å². The first-order chi connectivity index (χ1) is 10.7. The lowest BCUT2D eigenvalue weighted by atomic mass is 10.0. The van der Waals surface area contributed by atoms with Crippen molar-refractivity contribution < 1.29 is 14.3 Å². The summed E-state index contributed by atoms with van der Waals surface area (Å²) in [5, 5.41) is 2.78. The minimum absolute atomic E-state index is 0.000606. The topological polar surface area (TPSA) is 60.5 Å². The molecular formula is C17H16N2O3. The third-order valence-corrected chi connectivity index (χ3v) is 4.10. The van der Waals surface area contributed by atoms with E-state index in [2.05, 4.69) is 17.2 Å². The van der Waals surface area contributed by atoms with Gasteiger partial charge >= 0.3 is 0 Å². The Labute approximate surface area is 128 Å². The van der Waals surface area contributed by atoms with E-state index >= 15 is 0 Å². The molecule has 0 aliphatic carbocycles. The number of rotatable bonds is 2. The molecule has 0 bridgehead atoms. The monoisotopic (exact) mass is 296 g/mol. The SMILES string of the molecule is CC1COc2ccc(Oc3ccnc4c3CCC(=O)N4)cc21. The second-order valence-electron chi connectivity index (χ2n) is 5.70. The highest BCUT2D eigenvalue weighted by Gasteiger charge is 2.22. The predicted octanol–water partition coefficient (Wildman–Crippen LogP) is 3.25. The molecule has 112 valence electrons. The maximum atomic E-state index is 11.5. The van der Waals surface area contributed by atoms with Crippen molar-refractivity contribution in [3.8, 4) is 17.2 Å². The van der Waals surface area contributed by atoms with Crippen LogP contribution in [0.2, 0.25) is 0 Å². The maximum Gasteiger partial charge on any atom is 0.225 e. The van der Waals surface area contributed by atoms with Crippen LogP contribution >= 0.6 is 0 Å². The Kier molecular flexibility index (Phi) is 2.99. The first-order valence-corrected chi connectivity index (χ1v) is 7.43. The van der Waals surface area contributed by atoms with Crippen molar-refractivity contribution in [2.75, 3.05) is 11.9 Å². The van der Waals surface area contributed by atoms with E-state index in [9.17, 15) is 4.79 Å². The number of amides is 1. The summed E-state index contributed by atoms with van der Waals surface area (Å²) in [5.74, 6) is 3.44. The first kappa shape index (κ1) is 13.1. The number of hydrogen-bond donors (Lipinski definition) is 1. The standard InChI is InChI=1S/C17H16N2O3/c1-10-9-21-14-4-2-11(8-13(10)14)22-15-6-7-18-17-12(15)3-5-16(20)19-17/h2,4,6-8,10H,3,5,9H2,1H3,(H,18,19,20). The number of carbonyl (C=O) groups excluding carboxylic acids is 1. The fraction of sp³-hybridized carbons (Fsp3) is 0.294. The zero-order valence-corrected chi connectivity index (χ0v) is 12.3. The van der Waals surface area contributed by atoms with Gasteiger partial charge in [0, 0.05) is 29.7 Å². The van der Waals surface area contributed by atoms with Gasteiger partial charge in [0.2, 0.25) is 5.91 Å². The Morgan fingerprint density at radius 1 is 1.32 bits per heavy atom. The van der Waals surface area contributed by atoms with E-state index < -0.39 is 0 Å². The lowest BCUT2D eigenvalue weighted by Crippen LogP contribution is -2.20. The van der Waals surface area contributed by atoms with Crippen molar-refractivity contribution in [1.29, 1.82) is 0 Å². The van der Waals surface area contributed by atoms with Crippen LogP contribution in [0.4, 0.5) is 5.82 Å². The predicted molar refractivity (Wildman–Crippen MR) is 81.6 cm³/mol. The van der Waals surface area contributed by atoms with E-state index in [4.69, 9.17) is 9.47 Å². The first-order valence-electron chi connectivity index (χ1n) is 7.43. The smallest absolute Gasteiger partial charge is 0.225 e. The average Bonchev–Trinajstić information content (AvgIpc) is 2.88. The summed E-state index contributed by atoms with van der Waals surface area (Å²) in [6.07, 6.45) is 2.76. The summed E-state index contributed by atoms with van der Waals surface area (Å²) in [6.45, 7) is 2.86. The molecule has 1 unspecified atom stereocenters. The van der Waals surface area contributed by atoms with E-state index in [1.165, 1.54) is 5.56 Å². The molecule has 0 radical (unpaired) electrons. The molecule has 1 aromatic heterocycles. The van der Waals surface area contributed by atoms with Gasteiger partial charge in [-0.05, 0) is 30.7 Å². The third kappa shape index (κ3) is 2.19. The molecule has 1 amide bonds. The highest BCUT2D eigenvalue weighted by atomic mass is 16.5. The summed E-state index contributed by atoms with van der Waals surface area (Å²) >= 11 is 0. The Hall–Kier alpha value is -2.56. The molecule has 1 atom stereocenters. The number of aromatic nitrogens is 1. The summed E-state index contributed by atoms with van der Waals surface area (Å²) in [6, 6.07) is 7.72. The summed E-state index contributed by atoms with van der Waals surface area (Å²) in [7, 11) is 0. The maximum absolute atomic E-state index is 11.5. The van der Waals surface area contributed by atoms with Crippen LogP contribution < -0.4 is 14.8 Å². The second-order valence-corrected chi connectivity index (χ2v) is 5.70. The largest absolute Gasteiger partial charge is 0.493 e. The van der Waals surface area contributed by atoms with Gasteiger partial charge in [0.15, 0.2) is 0 Å². The highest BCUT2D eigenvalue weighted by molar-refractivity contribution is 5.93. The number of anilines is 1. The van der Waals surface area contributed by atoms with Crippen LogP contribution in [-0.4, -0.2) is 17.5 Å². The number of hydrogen-bond acceptors (Lipinski definition) is 4. The van der Waals surface area contributed by atoms with Crippen molar-refractivity contribution >= 4 is 11.7 Å². The van der Waals surface area contributed by atoms with Crippen molar-refractivity contribution in [3.05, 3.63) is 41.6 Å². The van der Waals surface area contributed by atoms with E-state index in [1.54, 1.807) is 6.20 Å². The number of benzene rings is 1. The summed E-state index contributed by atoms with van der Waals surface area (Å²) in [4.78, 5) is 15.7. The highest BCUT2D eigenvalue weighted by Crippen LogP contribution is 2.38. The number of nitrogens with one attached hydrogen (secondary N) is 1. The molecule has 22 heavy (non-hydrogen) atoms. The van der Waals surface area contributed by atoms with E-state index in [0.29, 0.717) is 24.6 Å². The van der Waals surface area contributed by atoms with E-state index in [1.807, 2.05) is 24.3 Å². The van der Waals surface area contributed by atoms with Crippen LogP contribution in [0.15, 0.2) is 30.5 Å². The number of fused-ring (bicyclic) bond motifs is 2. The van der Waals surface area contributed by atoms with Gasteiger partial charge in [-0.15, -0.1) is 0 Å². The van der Waals surface area contributed by atoms with Gasteiger partial charge in [-0.25, -0.2) is 4.98 Å². The molecule has 0 saturated heterocycles. The number of carbonyl (C=O) groups is 1. The second kappa shape index (κ2) is 5.02. The number of ether oxygens (including phenoxy) is 2. The van der Waals surface area contributed by atoms with E-state index in [-0.39, 0.29) is 5.91 Å². The van der Waals surface area contributed by atoms with Crippen molar-refractivity contribution in [1.82, 2.24) is 4.98 Å². The molecular weight excluding hydrogens is 280 g/mol. The van der Waals surface area contributed by atoms with Gasteiger partial charge in [-0.1, -0.05) is 6.92 Å². The van der Waals surface area contributed by atoms with Crippen LogP contribution in [0.5, 0.6) is 17.2 Å². The van der Waals surface area contributed by atoms with Gasteiger partial charge in [-0.2, -0.15) is 0 Å². The van der Waals surface area contributed by atoms with Crippen LogP contribution in [0.1, 0.15) is 30.4 Å². The lowest BCUT2D eigenvalue weighted by Gasteiger charge is -2.19. The molecule has 0 fully saturated rings. The number of nitrogens with zero attached hydrogens (tertiary/aromatic N) is 1. The molecule has 2 aromatic rings. The van der Waals surface area contributed by atoms with Gasteiger partial charge in [-0.3, -0.25) is 4.79 Å². The molecule has 0 saturated carbocycles. The van der Waals surface area contributed by atoms with Crippen molar-refractivity contribution in [2.24, 2.45) is 0 Å². The zero-order chi connectivity index (χ0) is 15.1. The third-order valence-electron chi connectivity index (χ3n) is 4.10. The van der Waals surface area contributed by atoms with Crippen LogP contribution in [-0.2, 0) is 11.2 Å². The van der Waals surface area contributed by atoms with Gasteiger partial charge < -0.3 is 14.8 Å². The van der Waals surface area contributed by atoms with Gasteiger partial charge in [0.05, 0.1) is 6.61 Å². The zero-order valence-electron chi connectivity index (χ0n) is 12.3. The Bertz CT molecular complexity index is 758. The van der Waals surface area contributed by atoms with Crippen molar-refractivity contribution in [3.63, 3.8) is 0 Å². The fourth-order valence-electron chi connectivity index (χ4n) is 2.89. The lowest BCUT2D eigenvalue weighted by molar-refractivity contribution is -0.116. The van der Waals surface area contributed by atoms with Crippen LogP contribution in [0.3, 0.4) is 0 Å². The molecule has 3 heterocycles. The molecule has 2 aliphatic heterocycles. The van der Waals surface area contributed by atoms with Gasteiger partial charge in [0.1, 0.15) is 23.1 Å². The summed E-state index contributed by atoms with van der Waals surface area (Å²) < 4.78 is 11.6. The van der Waals surface area contributed by atoms with Crippen molar-refractivity contribution in [2.45, 2.75) is 25.7 Å². The normalized spacial score (nSPS) is 19.0. The molecule has 5 nitrogen and oxygen atoms in total. The Morgan fingerprint density at radius 3 is 3.14 bits per heavy atom. The average molecular weight is 296 g/mol. The molecule has 1 N–H and O–H groups in total. The minimum Gasteiger partial charge on any atom is -0.493 e. The molecule has 1 aromatic carbocycles. The molecule has 4 rings (SSSR count). The fourth-order valence-corrected chi connectivity index (χ4v) is 2.89. The van der Waals surface area contributed by atoms with E-state index in [0.717, 1.165) is 29.4 Å². The molecule has 2 aliphatic rings.